The minimum Gasteiger partial charge on any atom is -0.0840 e. The molecule has 2 atom stereocenters. The monoisotopic (exact) mass is 334 g/mol. The van der Waals surface area contributed by atoms with E-state index in [1.54, 1.807) is 0 Å². The molecule has 2 aromatic rings. The molecule has 1 aliphatic rings. The van der Waals surface area contributed by atoms with E-state index in [0.717, 1.165) is 21.8 Å². The third-order valence-electron chi connectivity index (χ3n) is 4.14. The van der Waals surface area contributed by atoms with Crippen LogP contribution in [0.1, 0.15) is 29.9 Å². The SMILES string of the molecule is Clc1ccc(Br)cc1CC1CCC1c1ccccc1. The second-order valence-corrected chi connectivity index (χ2v) is 6.62. The second-order valence-electron chi connectivity index (χ2n) is 5.29. The van der Waals surface area contributed by atoms with Crippen LogP contribution in [0.3, 0.4) is 0 Å². The lowest BCUT2D eigenvalue weighted by atomic mass is 9.67. The highest BCUT2D eigenvalue weighted by molar-refractivity contribution is 9.10. The molecule has 0 N–H and O–H groups in total. The minimum absolute atomic E-state index is 0.705. The van der Waals surface area contributed by atoms with Crippen LogP contribution >= 0.6 is 27.5 Å². The Hall–Kier alpha value is -0.790. The molecule has 1 fully saturated rings. The van der Waals surface area contributed by atoms with Crippen molar-refractivity contribution in [3.05, 3.63) is 69.2 Å². The average Bonchev–Trinajstić information content (AvgIpc) is 2.40. The first kappa shape index (κ1) is 13.2. The maximum Gasteiger partial charge on any atom is 0.0438 e. The summed E-state index contributed by atoms with van der Waals surface area (Å²) in [4.78, 5) is 0. The van der Waals surface area contributed by atoms with Crippen molar-refractivity contribution in [1.29, 1.82) is 0 Å². The van der Waals surface area contributed by atoms with Crippen molar-refractivity contribution in [2.24, 2.45) is 5.92 Å². The third kappa shape index (κ3) is 2.88. The molecule has 0 aromatic heterocycles. The topological polar surface area (TPSA) is 0 Å². The van der Waals surface area contributed by atoms with Gasteiger partial charge in [-0.1, -0.05) is 57.9 Å². The molecule has 98 valence electrons. The second kappa shape index (κ2) is 5.68. The largest absolute Gasteiger partial charge is 0.0840 e. The number of hydrogen-bond acceptors (Lipinski definition) is 0. The molecule has 0 heterocycles. The van der Waals surface area contributed by atoms with Gasteiger partial charge in [0.25, 0.3) is 0 Å². The standard InChI is InChI=1S/C17H16BrCl/c18-15-7-9-17(19)14(11-15)10-13-6-8-16(13)12-4-2-1-3-5-12/h1-5,7,9,11,13,16H,6,8,10H2. The first-order valence-electron chi connectivity index (χ1n) is 6.73. The number of rotatable bonds is 3. The Morgan fingerprint density at radius 1 is 1.05 bits per heavy atom. The van der Waals surface area contributed by atoms with Crippen LogP contribution in [-0.2, 0) is 6.42 Å². The Balaban J connectivity index is 1.76. The van der Waals surface area contributed by atoms with E-state index in [1.807, 2.05) is 12.1 Å². The normalized spacial score (nSPS) is 22.0. The number of hydrogen-bond donors (Lipinski definition) is 0. The molecular formula is C17H16BrCl. The lowest BCUT2D eigenvalue weighted by Crippen LogP contribution is -2.25. The average molecular weight is 336 g/mol. The van der Waals surface area contributed by atoms with Crippen LogP contribution in [0, 0.1) is 5.92 Å². The molecule has 0 spiro atoms. The molecule has 1 saturated carbocycles. The minimum atomic E-state index is 0.705. The van der Waals surface area contributed by atoms with Crippen molar-refractivity contribution in [3.8, 4) is 0 Å². The summed E-state index contributed by atoms with van der Waals surface area (Å²) in [6.45, 7) is 0. The fourth-order valence-electron chi connectivity index (χ4n) is 2.93. The van der Waals surface area contributed by atoms with Gasteiger partial charge in [0.1, 0.15) is 0 Å². The molecule has 0 nitrogen and oxygen atoms in total. The Bertz CT molecular complexity index is 565. The molecule has 3 rings (SSSR count). The van der Waals surface area contributed by atoms with E-state index in [2.05, 4.69) is 52.3 Å². The smallest absolute Gasteiger partial charge is 0.0438 e. The van der Waals surface area contributed by atoms with Gasteiger partial charge in [0.2, 0.25) is 0 Å². The van der Waals surface area contributed by atoms with Crippen LogP contribution in [-0.4, -0.2) is 0 Å². The van der Waals surface area contributed by atoms with Crippen molar-refractivity contribution >= 4 is 27.5 Å². The lowest BCUT2D eigenvalue weighted by molar-refractivity contribution is 0.253. The van der Waals surface area contributed by atoms with Crippen molar-refractivity contribution in [3.63, 3.8) is 0 Å². The summed E-state index contributed by atoms with van der Waals surface area (Å²) in [5.74, 6) is 1.44. The van der Waals surface area contributed by atoms with Gasteiger partial charge < -0.3 is 0 Å². The predicted molar refractivity (Wildman–Crippen MR) is 84.8 cm³/mol. The van der Waals surface area contributed by atoms with Gasteiger partial charge in [0, 0.05) is 9.50 Å². The van der Waals surface area contributed by atoms with Gasteiger partial charge in [0.15, 0.2) is 0 Å². The summed E-state index contributed by atoms with van der Waals surface area (Å²) in [7, 11) is 0. The molecule has 0 bridgehead atoms. The maximum atomic E-state index is 6.29. The Morgan fingerprint density at radius 2 is 1.84 bits per heavy atom. The Morgan fingerprint density at radius 3 is 2.53 bits per heavy atom. The zero-order valence-electron chi connectivity index (χ0n) is 10.7. The van der Waals surface area contributed by atoms with Crippen LogP contribution in [0.25, 0.3) is 0 Å². The predicted octanol–water partition coefficient (Wildman–Crippen LogP) is 5.84. The summed E-state index contributed by atoms with van der Waals surface area (Å²) in [5.41, 5.74) is 2.74. The van der Waals surface area contributed by atoms with Gasteiger partial charge in [-0.25, -0.2) is 0 Å². The zero-order chi connectivity index (χ0) is 13.2. The van der Waals surface area contributed by atoms with E-state index in [9.17, 15) is 0 Å². The van der Waals surface area contributed by atoms with Gasteiger partial charge in [-0.05, 0) is 60.4 Å². The van der Waals surface area contributed by atoms with E-state index >= 15 is 0 Å². The molecule has 19 heavy (non-hydrogen) atoms. The fourth-order valence-corrected chi connectivity index (χ4v) is 3.54. The van der Waals surface area contributed by atoms with Crippen LogP contribution < -0.4 is 0 Å². The van der Waals surface area contributed by atoms with Gasteiger partial charge in [-0.2, -0.15) is 0 Å². The highest BCUT2D eigenvalue weighted by atomic mass is 79.9. The lowest BCUT2D eigenvalue weighted by Gasteiger charge is -2.37. The summed E-state index contributed by atoms with van der Waals surface area (Å²) in [6.07, 6.45) is 3.69. The molecule has 1 aliphatic carbocycles. The molecule has 0 saturated heterocycles. The van der Waals surface area contributed by atoms with Crippen molar-refractivity contribution < 1.29 is 0 Å². The quantitative estimate of drug-likeness (QED) is 0.661. The van der Waals surface area contributed by atoms with Crippen molar-refractivity contribution in [2.45, 2.75) is 25.2 Å². The first-order valence-corrected chi connectivity index (χ1v) is 7.90. The van der Waals surface area contributed by atoms with Gasteiger partial charge >= 0.3 is 0 Å². The first-order chi connectivity index (χ1) is 9.24. The zero-order valence-corrected chi connectivity index (χ0v) is 13.0. The van der Waals surface area contributed by atoms with E-state index in [-0.39, 0.29) is 0 Å². The van der Waals surface area contributed by atoms with Gasteiger partial charge in [-0.3, -0.25) is 0 Å². The summed E-state index contributed by atoms with van der Waals surface area (Å²) < 4.78 is 1.11. The molecule has 2 aromatic carbocycles. The highest BCUT2D eigenvalue weighted by Crippen LogP contribution is 2.44. The van der Waals surface area contributed by atoms with E-state index in [0.29, 0.717) is 5.92 Å². The molecule has 2 heteroatoms. The fraction of sp³-hybridized carbons (Fsp3) is 0.294. The third-order valence-corrected chi connectivity index (χ3v) is 5.00. The van der Waals surface area contributed by atoms with E-state index < -0.39 is 0 Å². The van der Waals surface area contributed by atoms with Crippen molar-refractivity contribution in [1.82, 2.24) is 0 Å². The van der Waals surface area contributed by atoms with Crippen LogP contribution in [0.5, 0.6) is 0 Å². The van der Waals surface area contributed by atoms with E-state index in [1.165, 1.54) is 24.0 Å². The van der Waals surface area contributed by atoms with Crippen LogP contribution in [0.15, 0.2) is 53.0 Å². The Kier molecular flexibility index (Phi) is 3.95. The molecule has 0 radical (unpaired) electrons. The highest BCUT2D eigenvalue weighted by Gasteiger charge is 2.32. The van der Waals surface area contributed by atoms with Gasteiger partial charge in [0.05, 0.1) is 0 Å². The molecule has 0 aliphatic heterocycles. The van der Waals surface area contributed by atoms with Crippen LogP contribution in [0.2, 0.25) is 5.02 Å². The summed E-state index contributed by atoms with van der Waals surface area (Å²) in [5, 5.41) is 0.891. The molecule has 0 amide bonds. The van der Waals surface area contributed by atoms with E-state index in [4.69, 9.17) is 11.6 Å². The number of benzene rings is 2. The van der Waals surface area contributed by atoms with Crippen molar-refractivity contribution in [2.75, 3.05) is 0 Å². The Labute approximate surface area is 127 Å². The molecular weight excluding hydrogens is 320 g/mol. The number of halogens is 2. The molecule has 2 unspecified atom stereocenters. The summed E-state index contributed by atoms with van der Waals surface area (Å²) in [6, 6.07) is 17.0. The maximum absolute atomic E-state index is 6.29. The summed E-state index contributed by atoms with van der Waals surface area (Å²) >= 11 is 9.82. The van der Waals surface area contributed by atoms with Crippen LogP contribution in [0.4, 0.5) is 0 Å². The van der Waals surface area contributed by atoms with Gasteiger partial charge in [-0.15, -0.1) is 0 Å².